The topological polar surface area (TPSA) is 27.7 Å². The molecule has 0 unspecified atom stereocenters. The molecule has 0 saturated heterocycles. The zero-order valence-electron chi connectivity index (χ0n) is 26.6. The first-order valence-electron chi connectivity index (χ1n) is 13.9. The summed E-state index contributed by atoms with van der Waals surface area (Å²) in [5.74, 6) is 0.484. The van der Waals surface area contributed by atoms with E-state index in [-0.39, 0.29) is 33.9 Å². The smallest absolute Gasteiger partial charge is 0.496 e. The minimum absolute atomic E-state index is 0.0420. The second-order valence-electron chi connectivity index (χ2n) is 13.7. The molecular weight excluding hydrogens is 541 g/mol. The van der Waals surface area contributed by atoms with Crippen molar-refractivity contribution in [1.82, 2.24) is 0 Å². The minimum Gasteiger partial charge on any atom is -0.496 e. The third-order valence-corrected chi connectivity index (χ3v) is 9.49. The van der Waals surface area contributed by atoms with Crippen LogP contribution in [-0.2, 0) is 21.3 Å². The van der Waals surface area contributed by atoms with Gasteiger partial charge in [0.2, 0.25) is 0 Å². The van der Waals surface area contributed by atoms with Gasteiger partial charge < -0.3 is 14.2 Å². The number of rotatable bonds is 7. The largest absolute Gasteiger partial charge is 0.637 e. The molecule has 41 heavy (non-hydrogen) atoms. The van der Waals surface area contributed by atoms with E-state index in [2.05, 4.69) is 0 Å². The molecule has 0 atom stereocenters. The highest BCUT2D eigenvalue weighted by Crippen LogP contribution is 2.57. The van der Waals surface area contributed by atoms with Crippen LogP contribution in [0.25, 0.3) is 0 Å². The maximum atomic E-state index is 16.6. The van der Waals surface area contributed by atoms with Crippen LogP contribution in [0.1, 0.15) is 95.7 Å². The summed E-state index contributed by atoms with van der Waals surface area (Å²) in [4.78, 5) is 0. The van der Waals surface area contributed by atoms with E-state index in [0.717, 1.165) is 16.7 Å². The molecule has 0 aliphatic heterocycles. The van der Waals surface area contributed by atoms with Crippen LogP contribution in [0.2, 0.25) is 0 Å². The molecule has 7 heteroatoms. The van der Waals surface area contributed by atoms with Gasteiger partial charge in [0.25, 0.3) is 0 Å². The van der Waals surface area contributed by atoms with E-state index in [1.807, 2.05) is 80.5 Å². The summed E-state index contributed by atoms with van der Waals surface area (Å²) < 4.78 is 67.1. The second-order valence-corrected chi connectivity index (χ2v) is 15.5. The summed E-state index contributed by atoms with van der Waals surface area (Å²) in [5.41, 5.74) is 1.21. The van der Waals surface area contributed by atoms with Crippen LogP contribution in [0.5, 0.6) is 17.2 Å². The zero-order valence-corrected chi connectivity index (χ0v) is 27.6. The normalized spacial score (nSPS) is 13.2. The first kappa shape index (κ1) is 32.6. The average molecular weight is 587 g/mol. The Morgan fingerprint density at radius 2 is 0.707 bits per heavy atom. The summed E-state index contributed by atoms with van der Waals surface area (Å²) in [5, 5.41) is -2.57. The Hall–Kier alpha value is -2.93. The van der Waals surface area contributed by atoms with Crippen molar-refractivity contribution in [1.29, 1.82) is 0 Å². The fraction of sp³-hybridized carbons (Fsp3) is 0.471. The van der Waals surface area contributed by atoms with Gasteiger partial charge in [-0.2, -0.15) is 0 Å². The van der Waals surface area contributed by atoms with Crippen molar-refractivity contribution in [2.45, 2.75) is 83.6 Å². The van der Waals surface area contributed by atoms with E-state index >= 15 is 12.3 Å². The van der Waals surface area contributed by atoms with Gasteiger partial charge in [-0.05, 0) is 51.1 Å². The molecule has 3 nitrogen and oxygen atoms in total. The Kier molecular flexibility index (Phi) is 8.78. The van der Waals surface area contributed by atoms with Crippen LogP contribution in [0, 0.1) is 0 Å². The summed E-state index contributed by atoms with van der Waals surface area (Å²) in [7, 11) is -2.53. The Labute approximate surface area is 245 Å². The van der Waals surface area contributed by atoms with Crippen molar-refractivity contribution in [2.24, 2.45) is 0 Å². The summed E-state index contributed by atoms with van der Waals surface area (Å²) in [6.07, 6.45) is 0. The molecule has 0 aliphatic rings. The third-order valence-electron chi connectivity index (χ3n) is 7.83. The van der Waals surface area contributed by atoms with Gasteiger partial charge in [-0.25, -0.2) is 12.3 Å². The maximum absolute atomic E-state index is 16.6. The molecular formula is C34H45F3O3Si. The Bertz CT molecular complexity index is 1230. The highest BCUT2D eigenvalue weighted by atomic mass is 28.5. The summed E-state index contributed by atoms with van der Waals surface area (Å²) >= 11 is 0. The standard InChI is InChI=1S/C34H45F3O3Si/c1-31(2,3)22-13-16-28(38-10)25(19-22)34(41(35,36)37,26-20-23(32(4,5)6)14-17-29(26)39-11)27-21-24(33(7,8)9)15-18-30(27)40-12/h13-21H,1-12H3. The molecule has 0 aliphatic carbocycles. The Morgan fingerprint density at radius 1 is 0.463 bits per heavy atom. The molecule has 3 aromatic carbocycles. The molecule has 0 heterocycles. The van der Waals surface area contributed by atoms with Crippen molar-refractivity contribution in [3.8, 4) is 17.2 Å². The van der Waals surface area contributed by atoms with Gasteiger partial charge in [-0.1, -0.05) is 98.7 Å². The van der Waals surface area contributed by atoms with Crippen LogP contribution in [0.3, 0.4) is 0 Å². The first-order chi connectivity index (χ1) is 18.7. The molecule has 0 N–H and O–H groups in total. The van der Waals surface area contributed by atoms with Gasteiger partial charge in [-0.3, -0.25) is 0 Å². The van der Waals surface area contributed by atoms with Crippen LogP contribution in [0.15, 0.2) is 54.6 Å². The molecule has 3 aromatic rings. The molecule has 0 spiro atoms. The van der Waals surface area contributed by atoms with Crippen molar-refractivity contribution in [2.75, 3.05) is 21.3 Å². The number of hydrogen-bond acceptors (Lipinski definition) is 3. The maximum Gasteiger partial charge on any atom is 0.637 e. The minimum atomic E-state index is -6.79. The van der Waals surface area contributed by atoms with E-state index in [9.17, 15) is 0 Å². The molecule has 3 rings (SSSR count). The van der Waals surface area contributed by atoms with Gasteiger partial charge in [-0.15, -0.1) is 0 Å². The van der Waals surface area contributed by atoms with Gasteiger partial charge in [0.05, 0.1) is 21.3 Å². The van der Waals surface area contributed by atoms with E-state index in [1.165, 1.54) is 21.3 Å². The molecule has 0 fully saturated rings. The SMILES string of the molecule is COc1ccc(C(C)(C)C)cc1C(c1cc(C(C)(C)C)ccc1OC)(c1cc(C(C)(C)C)ccc1OC)[Si](F)(F)F. The summed E-state index contributed by atoms with van der Waals surface area (Å²) in [6, 6.07) is 15.5. The fourth-order valence-corrected chi connectivity index (χ4v) is 6.80. The van der Waals surface area contributed by atoms with E-state index < -0.39 is 30.4 Å². The van der Waals surface area contributed by atoms with Crippen LogP contribution < -0.4 is 14.2 Å². The van der Waals surface area contributed by atoms with Crippen molar-refractivity contribution in [3.05, 3.63) is 88.0 Å². The van der Waals surface area contributed by atoms with E-state index in [4.69, 9.17) is 14.2 Å². The Morgan fingerprint density at radius 3 is 0.878 bits per heavy atom. The van der Waals surface area contributed by atoms with Gasteiger partial charge in [0.1, 0.15) is 22.3 Å². The monoisotopic (exact) mass is 586 g/mol. The molecule has 0 bridgehead atoms. The lowest BCUT2D eigenvalue weighted by atomic mass is 9.75. The molecule has 224 valence electrons. The number of benzene rings is 3. The highest BCUT2D eigenvalue weighted by Gasteiger charge is 2.67. The third kappa shape index (κ3) is 6.01. The first-order valence-corrected chi connectivity index (χ1v) is 15.5. The Balaban J connectivity index is 2.79. The lowest BCUT2D eigenvalue weighted by Crippen LogP contribution is -2.50. The molecule has 0 radical (unpaired) electrons. The van der Waals surface area contributed by atoms with E-state index in [1.54, 1.807) is 36.4 Å². The fourth-order valence-electron chi connectivity index (χ4n) is 5.30. The van der Waals surface area contributed by atoms with Crippen LogP contribution >= 0.6 is 0 Å². The van der Waals surface area contributed by atoms with Crippen LogP contribution in [-0.4, -0.2) is 30.4 Å². The zero-order chi connectivity index (χ0) is 31.2. The van der Waals surface area contributed by atoms with Crippen molar-refractivity contribution in [3.63, 3.8) is 0 Å². The van der Waals surface area contributed by atoms with Crippen molar-refractivity contribution >= 4 is 9.08 Å². The quantitative estimate of drug-likeness (QED) is 0.157. The van der Waals surface area contributed by atoms with Gasteiger partial charge >= 0.3 is 9.08 Å². The highest BCUT2D eigenvalue weighted by molar-refractivity contribution is 6.64. The predicted molar refractivity (Wildman–Crippen MR) is 164 cm³/mol. The summed E-state index contributed by atoms with van der Waals surface area (Å²) in [6.45, 7) is 17.9. The number of halogens is 3. The van der Waals surface area contributed by atoms with Crippen LogP contribution in [0.4, 0.5) is 12.3 Å². The number of methoxy groups -OCH3 is 3. The molecule has 0 amide bonds. The average Bonchev–Trinajstić information content (AvgIpc) is 2.86. The van der Waals surface area contributed by atoms with Gasteiger partial charge in [0.15, 0.2) is 0 Å². The van der Waals surface area contributed by atoms with Crippen molar-refractivity contribution < 1.29 is 26.5 Å². The molecule has 0 saturated carbocycles. The van der Waals surface area contributed by atoms with E-state index in [0.29, 0.717) is 0 Å². The molecule has 0 aromatic heterocycles. The van der Waals surface area contributed by atoms with Gasteiger partial charge in [0, 0.05) is 16.7 Å². The predicted octanol–water partition coefficient (Wildman–Crippen LogP) is 9.33. The number of ether oxygens (including phenoxy) is 3. The lowest BCUT2D eigenvalue weighted by Gasteiger charge is -2.40. The lowest BCUT2D eigenvalue weighted by molar-refractivity contribution is 0.361. The number of hydrogen-bond donors (Lipinski definition) is 0. The second kappa shape index (κ2) is 11.0.